The van der Waals surface area contributed by atoms with Crippen LogP contribution < -0.4 is 10.5 Å². The number of benzene rings is 1. The number of fused-ring (bicyclic) bond motifs is 4. The smallest absolute Gasteiger partial charge is 0.242 e. The minimum Gasteiger partial charge on any atom is -0.494 e. The highest BCUT2D eigenvalue weighted by atomic mass is 19.1. The number of methoxy groups -OCH3 is 1. The number of rotatable bonds is 5. The van der Waals surface area contributed by atoms with Crippen LogP contribution in [0.1, 0.15) is 37.1 Å². The first-order chi connectivity index (χ1) is 15.4. The quantitative estimate of drug-likeness (QED) is 0.506. The summed E-state index contributed by atoms with van der Waals surface area (Å²) in [7, 11) is 1.44. The Hall–Kier alpha value is -3.76. The number of nitrogens with two attached hydrogens (primary N) is 1. The van der Waals surface area contributed by atoms with Crippen molar-refractivity contribution in [2.45, 2.75) is 39.3 Å². The summed E-state index contributed by atoms with van der Waals surface area (Å²) in [4.78, 5) is 27.8. The Morgan fingerprint density at radius 2 is 2.06 bits per heavy atom. The van der Waals surface area contributed by atoms with Crippen molar-refractivity contribution in [3.05, 3.63) is 41.5 Å². The largest absolute Gasteiger partial charge is 0.494 e. The van der Waals surface area contributed by atoms with Crippen molar-refractivity contribution in [2.75, 3.05) is 19.4 Å². The van der Waals surface area contributed by atoms with Crippen LogP contribution in [0.15, 0.2) is 18.3 Å². The lowest BCUT2D eigenvalue weighted by atomic mass is 10.2. The molecule has 32 heavy (non-hydrogen) atoms. The second-order valence-electron chi connectivity index (χ2n) is 8.15. The van der Waals surface area contributed by atoms with Gasteiger partial charge in [0.15, 0.2) is 11.5 Å². The minimum absolute atomic E-state index is 0.0274. The van der Waals surface area contributed by atoms with E-state index in [0.29, 0.717) is 41.9 Å². The summed E-state index contributed by atoms with van der Waals surface area (Å²) in [6, 6.07) is 2.58. The predicted molar refractivity (Wildman–Crippen MR) is 115 cm³/mol. The van der Waals surface area contributed by atoms with Crippen molar-refractivity contribution in [1.82, 2.24) is 34.0 Å². The van der Waals surface area contributed by atoms with Gasteiger partial charge in [0.1, 0.15) is 29.5 Å². The fourth-order valence-corrected chi connectivity index (χ4v) is 4.13. The summed E-state index contributed by atoms with van der Waals surface area (Å²) in [5, 5.41) is 4.88. The zero-order valence-electron chi connectivity index (χ0n) is 18.0. The summed E-state index contributed by atoms with van der Waals surface area (Å²) in [5.41, 5.74) is 7.88. The van der Waals surface area contributed by atoms with E-state index in [1.54, 1.807) is 4.90 Å². The predicted octanol–water partition coefficient (Wildman–Crippen LogP) is 1.91. The van der Waals surface area contributed by atoms with Crippen LogP contribution in [0, 0.1) is 5.82 Å². The van der Waals surface area contributed by atoms with Gasteiger partial charge >= 0.3 is 0 Å². The summed E-state index contributed by atoms with van der Waals surface area (Å²) in [5.74, 6) is 1.62. The molecule has 11 heteroatoms. The van der Waals surface area contributed by atoms with E-state index < -0.39 is 5.82 Å². The molecule has 4 aromatic rings. The second-order valence-corrected chi connectivity index (χ2v) is 8.15. The first kappa shape index (κ1) is 20.2. The molecule has 0 aliphatic carbocycles. The van der Waals surface area contributed by atoms with Crippen molar-refractivity contribution in [2.24, 2.45) is 0 Å². The van der Waals surface area contributed by atoms with Gasteiger partial charge in [-0.1, -0.05) is 13.8 Å². The Morgan fingerprint density at radius 3 is 2.81 bits per heavy atom. The zero-order chi connectivity index (χ0) is 22.6. The molecule has 0 bridgehead atoms. The first-order valence-corrected chi connectivity index (χ1v) is 10.4. The number of halogens is 1. The zero-order valence-corrected chi connectivity index (χ0v) is 18.0. The van der Waals surface area contributed by atoms with E-state index in [1.807, 2.05) is 10.8 Å². The molecule has 166 valence electrons. The fraction of sp³-hybridized carbons (Fsp3) is 0.381. The van der Waals surface area contributed by atoms with Gasteiger partial charge in [-0.3, -0.25) is 4.79 Å². The summed E-state index contributed by atoms with van der Waals surface area (Å²) < 4.78 is 22.7. The number of hydrogen-bond acceptors (Lipinski definition) is 7. The van der Waals surface area contributed by atoms with Gasteiger partial charge in [-0.25, -0.2) is 19.3 Å². The number of nitrogens with zero attached hydrogens (tertiary/aromatic N) is 7. The van der Waals surface area contributed by atoms with E-state index in [0.717, 1.165) is 11.5 Å². The van der Waals surface area contributed by atoms with Gasteiger partial charge < -0.3 is 19.9 Å². The molecule has 0 spiro atoms. The van der Waals surface area contributed by atoms with Gasteiger partial charge in [0, 0.05) is 24.9 Å². The lowest BCUT2D eigenvalue weighted by Crippen LogP contribution is -2.40. The SMILES string of the molecule is COc1cc(F)cc2c1nc(N)n1nc(CCN3Cc4cnc(C(C)C)n4CC3=O)nc21. The Labute approximate surface area is 182 Å². The maximum Gasteiger partial charge on any atom is 0.242 e. The van der Waals surface area contributed by atoms with E-state index in [2.05, 4.69) is 33.9 Å². The molecule has 3 aromatic heterocycles. The van der Waals surface area contributed by atoms with Crippen LogP contribution in [0.3, 0.4) is 0 Å². The Morgan fingerprint density at radius 1 is 1.25 bits per heavy atom. The number of carbonyl (C=O) groups excluding carboxylic acids is 1. The topological polar surface area (TPSA) is 116 Å². The number of carbonyl (C=O) groups is 1. The molecule has 1 aromatic carbocycles. The van der Waals surface area contributed by atoms with Crippen molar-refractivity contribution in [3.63, 3.8) is 0 Å². The molecule has 5 rings (SSSR count). The van der Waals surface area contributed by atoms with Crippen LogP contribution in [-0.2, 0) is 24.3 Å². The van der Waals surface area contributed by atoms with Gasteiger partial charge in [-0.05, 0) is 6.07 Å². The second kappa shape index (κ2) is 7.43. The van der Waals surface area contributed by atoms with Crippen LogP contribution >= 0.6 is 0 Å². The normalized spacial score (nSPS) is 14.0. The molecular weight excluding hydrogens is 415 g/mol. The van der Waals surface area contributed by atoms with Crippen LogP contribution in [0.4, 0.5) is 10.3 Å². The molecule has 0 fully saturated rings. The minimum atomic E-state index is -0.469. The number of hydrogen-bond donors (Lipinski definition) is 1. The Bertz CT molecular complexity index is 1360. The summed E-state index contributed by atoms with van der Waals surface area (Å²) in [6.45, 7) is 5.34. The molecule has 0 unspecified atom stereocenters. The molecule has 1 amide bonds. The van der Waals surface area contributed by atoms with Crippen LogP contribution in [-0.4, -0.2) is 53.6 Å². The summed E-state index contributed by atoms with van der Waals surface area (Å²) >= 11 is 0. The van der Waals surface area contributed by atoms with Crippen molar-refractivity contribution < 1.29 is 13.9 Å². The number of aromatic nitrogens is 6. The molecule has 0 radical (unpaired) electrons. The van der Waals surface area contributed by atoms with Crippen molar-refractivity contribution in [1.29, 1.82) is 0 Å². The highest BCUT2D eigenvalue weighted by Crippen LogP contribution is 2.29. The van der Waals surface area contributed by atoms with Gasteiger partial charge in [-0.15, -0.1) is 5.10 Å². The summed E-state index contributed by atoms with van der Waals surface area (Å²) in [6.07, 6.45) is 2.25. The lowest BCUT2D eigenvalue weighted by Gasteiger charge is -2.29. The average molecular weight is 438 g/mol. The van der Waals surface area contributed by atoms with E-state index >= 15 is 0 Å². The van der Waals surface area contributed by atoms with Crippen LogP contribution in [0.2, 0.25) is 0 Å². The van der Waals surface area contributed by atoms with E-state index in [4.69, 9.17) is 10.5 Å². The molecular formula is C21H23FN8O2. The van der Waals surface area contributed by atoms with Crippen molar-refractivity contribution >= 4 is 28.4 Å². The standard InChI is InChI=1S/C21H23FN8O2/c1-11(2)19-24-8-13-9-28(17(31)10-29(13)19)5-4-16-25-20-14-6-12(22)7-15(32-3)18(14)26-21(23)30(20)27-16/h6-8,11H,4-5,9-10H2,1-3H3,(H2,23,26). The third-order valence-corrected chi connectivity index (χ3v) is 5.68. The maximum absolute atomic E-state index is 14.1. The molecule has 0 atom stereocenters. The number of ether oxygens (including phenoxy) is 1. The van der Waals surface area contributed by atoms with Crippen molar-refractivity contribution in [3.8, 4) is 5.75 Å². The third-order valence-electron chi connectivity index (χ3n) is 5.68. The van der Waals surface area contributed by atoms with Gasteiger partial charge in [0.2, 0.25) is 11.9 Å². The molecule has 1 aliphatic rings. The number of anilines is 1. The maximum atomic E-state index is 14.1. The molecule has 4 heterocycles. The van der Waals surface area contributed by atoms with E-state index in [-0.39, 0.29) is 30.1 Å². The highest BCUT2D eigenvalue weighted by molar-refractivity contribution is 5.95. The molecule has 2 N–H and O–H groups in total. The van der Waals surface area contributed by atoms with Gasteiger partial charge in [-0.2, -0.15) is 4.52 Å². The molecule has 1 aliphatic heterocycles. The molecule has 0 saturated heterocycles. The highest BCUT2D eigenvalue weighted by Gasteiger charge is 2.26. The monoisotopic (exact) mass is 438 g/mol. The third kappa shape index (κ3) is 3.20. The van der Waals surface area contributed by atoms with E-state index in [1.165, 1.54) is 23.8 Å². The number of amides is 1. The van der Waals surface area contributed by atoms with Gasteiger partial charge in [0.05, 0.1) is 30.9 Å². The lowest BCUT2D eigenvalue weighted by molar-refractivity contribution is -0.134. The Balaban J connectivity index is 1.42. The first-order valence-electron chi connectivity index (χ1n) is 10.4. The Kier molecular flexibility index (Phi) is 4.68. The average Bonchev–Trinajstić information content (AvgIpc) is 3.37. The van der Waals surface area contributed by atoms with Crippen LogP contribution in [0.5, 0.6) is 5.75 Å². The number of nitrogen functional groups attached to an aromatic ring is 1. The van der Waals surface area contributed by atoms with Gasteiger partial charge in [0.25, 0.3) is 0 Å². The molecule has 0 saturated carbocycles. The fourth-order valence-electron chi connectivity index (χ4n) is 4.13. The molecule has 10 nitrogen and oxygen atoms in total. The van der Waals surface area contributed by atoms with E-state index in [9.17, 15) is 9.18 Å². The van der Waals surface area contributed by atoms with Crippen LogP contribution in [0.25, 0.3) is 16.6 Å². The number of imidazole rings is 1.